The molecular formula is C60H102O6. The van der Waals surface area contributed by atoms with Crippen LogP contribution in [0.15, 0.2) is 85.1 Å². The van der Waals surface area contributed by atoms with Crippen molar-refractivity contribution in [3.63, 3.8) is 0 Å². The maximum Gasteiger partial charge on any atom is 0.306 e. The van der Waals surface area contributed by atoms with Gasteiger partial charge in [-0.3, -0.25) is 14.4 Å². The number of unbranched alkanes of at least 4 members (excludes halogenated alkanes) is 24. The Kier molecular flexibility index (Phi) is 51.4. The highest BCUT2D eigenvalue weighted by molar-refractivity contribution is 5.71. The van der Waals surface area contributed by atoms with E-state index in [1.807, 2.05) is 6.08 Å². The number of carbonyl (C=O) groups is 3. The minimum Gasteiger partial charge on any atom is -0.462 e. The number of ether oxygens (including phenoxy) is 3. The van der Waals surface area contributed by atoms with Crippen molar-refractivity contribution in [2.45, 2.75) is 264 Å². The third kappa shape index (κ3) is 51.6. The van der Waals surface area contributed by atoms with Gasteiger partial charge < -0.3 is 14.2 Å². The van der Waals surface area contributed by atoms with E-state index in [1.54, 1.807) is 0 Å². The lowest BCUT2D eigenvalue weighted by atomic mass is 10.0. The van der Waals surface area contributed by atoms with Gasteiger partial charge in [-0.15, -0.1) is 0 Å². The Morgan fingerprint density at radius 2 is 0.621 bits per heavy atom. The Balaban J connectivity index is 4.48. The van der Waals surface area contributed by atoms with Gasteiger partial charge in [0.25, 0.3) is 0 Å². The molecular weight excluding hydrogens is 817 g/mol. The molecule has 0 amide bonds. The van der Waals surface area contributed by atoms with E-state index in [0.29, 0.717) is 19.3 Å². The summed E-state index contributed by atoms with van der Waals surface area (Å²) in [5.41, 5.74) is 0. The van der Waals surface area contributed by atoms with E-state index >= 15 is 0 Å². The molecule has 0 radical (unpaired) electrons. The van der Waals surface area contributed by atoms with E-state index in [0.717, 1.165) is 89.9 Å². The van der Waals surface area contributed by atoms with Crippen molar-refractivity contribution in [2.75, 3.05) is 13.2 Å². The molecule has 6 heteroatoms. The molecule has 0 aliphatic carbocycles. The van der Waals surface area contributed by atoms with Crippen molar-refractivity contribution >= 4 is 17.9 Å². The molecule has 0 rings (SSSR count). The lowest BCUT2D eigenvalue weighted by Gasteiger charge is -2.18. The fraction of sp³-hybridized carbons (Fsp3) is 0.717. The molecule has 6 nitrogen and oxygen atoms in total. The largest absolute Gasteiger partial charge is 0.462 e. The fourth-order valence-corrected chi connectivity index (χ4v) is 7.52. The molecule has 1 unspecified atom stereocenters. The average molecular weight is 919 g/mol. The minimum absolute atomic E-state index is 0.109. The summed E-state index contributed by atoms with van der Waals surface area (Å²) < 4.78 is 16.8. The SMILES string of the molecule is CC/C=C\C/C=C\C/C=C\C/C=C\C/C=C\CCCCCC(=O)OCC(COC(=O)CC/C=C\C/C=C\CCCCCCCC)OC(=O)CCCCCCCCCCCCCCCCCC. The van der Waals surface area contributed by atoms with Crippen LogP contribution in [0.5, 0.6) is 0 Å². The first-order valence-corrected chi connectivity index (χ1v) is 27.6. The summed E-state index contributed by atoms with van der Waals surface area (Å²) in [6, 6.07) is 0. The van der Waals surface area contributed by atoms with Gasteiger partial charge in [-0.25, -0.2) is 0 Å². The lowest BCUT2D eigenvalue weighted by Crippen LogP contribution is -2.30. The second-order valence-electron chi connectivity index (χ2n) is 18.1. The van der Waals surface area contributed by atoms with Gasteiger partial charge in [-0.05, 0) is 83.5 Å². The van der Waals surface area contributed by atoms with E-state index in [-0.39, 0.29) is 37.5 Å². The fourth-order valence-electron chi connectivity index (χ4n) is 7.52. The third-order valence-electron chi connectivity index (χ3n) is 11.6. The number of rotatable bonds is 49. The van der Waals surface area contributed by atoms with Crippen molar-refractivity contribution in [2.24, 2.45) is 0 Å². The maximum atomic E-state index is 12.8. The molecule has 1 atom stereocenters. The second kappa shape index (κ2) is 54.2. The minimum atomic E-state index is -0.811. The zero-order chi connectivity index (χ0) is 47.9. The standard InChI is InChI=1S/C60H102O6/c1-4-7-10-13-16-19-22-25-27-29-30-31-33-35-38-41-44-47-50-53-59(62)65-56-57(55-64-58(61)52-49-46-43-40-37-34-24-21-18-15-12-9-6-3)66-60(63)54-51-48-45-42-39-36-32-28-26-23-20-17-14-11-8-5-2/h7,10,16,19,25,27,30-31,34-35,37-38,43,46,57H,4-6,8-9,11-15,17-18,20-24,26,28-29,32-33,36,39-42,44-45,47-56H2,1-3H3/b10-7-,19-16-,27-25-,31-30-,37-34-,38-35-,46-43-. The predicted octanol–water partition coefficient (Wildman–Crippen LogP) is 18.4. The summed E-state index contributed by atoms with van der Waals surface area (Å²) in [5, 5.41) is 0. The van der Waals surface area contributed by atoms with Crippen LogP contribution in [-0.2, 0) is 28.6 Å². The van der Waals surface area contributed by atoms with Crippen molar-refractivity contribution < 1.29 is 28.6 Å². The van der Waals surface area contributed by atoms with Gasteiger partial charge in [0.2, 0.25) is 0 Å². The van der Waals surface area contributed by atoms with Gasteiger partial charge in [-0.2, -0.15) is 0 Å². The van der Waals surface area contributed by atoms with Gasteiger partial charge in [-0.1, -0.05) is 241 Å². The summed E-state index contributed by atoms with van der Waals surface area (Å²) in [6.07, 6.45) is 70.1. The molecule has 0 heterocycles. The molecule has 0 N–H and O–H groups in total. The first-order valence-electron chi connectivity index (χ1n) is 27.6. The van der Waals surface area contributed by atoms with E-state index in [1.165, 1.54) is 122 Å². The highest BCUT2D eigenvalue weighted by atomic mass is 16.6. The third-order valence-corrected chi connectivity index (χ3v) is 11.6. The van der Waals surface area contributed by atoms with Crippen LogP contribution < -0.4 is 0 Å². The lowest BCUT2D eigenvalue weighted by molar-refractivity contribution is -0.166. The average Bonchev–Trinajstić information content (AvgIpc) is 3.31. The van der Waals surface area contributed by atoms with Crippen molar-refractivity contribution in [1.82, 2.24) is 0 Å². The van der Waals surface area contributed by atoms with E-state index in [2.05, 4.69) is 99.8 Å². The van der Waals surface area contributed by atoms with Gasteiger partial charge in [0.05, 0.1) is 0 Å². The zero-order valence-corrected chi connectivity index (χ0v) is 43.2. The topological polar surface area (TPSA) is 78.9 Å². The summed E-state index contributed by atoms with van der Waals surface area (Å²) in [4.78, 5) is 38.0. The van der Waals surface area contributed by atoms with Crippen LogP contribution in [-0.4, -0.2) is 37.2 Å². The maximum absolute atomic E-state index is 12.8. The first kappa shape index (κ1) is 62.6. The van der Waals surface area contributed by atoms with Crippen molar-refractivity contribution in [1.29, 1.82) is 0 Å². The van der Waals surface area contributed by atoms with Crippen LogP contribution in [0.25, 0.3) is 0 Å². The number of allylic oxidation sites excluding steroid dienone is 14. The quantitative estimate of drug-likeness (QED) is 0.0262. The van der Waals surface area contributed by atoms with Crippen molar-refractivity contribution in [3.8, 4) is 0 Å². The molecule has 0 saturated carbocycles. The number of esters is 3. The van der Waals surface area contributed by atoms with Crippen LogP contribution in [0.2, 0.25) is 0 Å². The normalized spacial score (nSPS) is 12.7. The molecule has 0 aliphatic heterocycles. The Labute approximate surface area is 407 Å². The summed E-state index contributed by atoms with van der Waals surface area (Å²) in [7, 11) is 0. The number of hydrogen-bond donors (Lipinski definition) is 0. The molecule has 0 saturated heterocycles. The Morgan fingerprint density at radius 3 is 1.03 bits per heavy atom. The number of hydrogen-bond acceptors (Lipinski definition) is 6. The first-order chi connectivity index (χ1) is 32.5. The van der Waals surface area contributed by atoms with Gasteiger partial charge in [0, 0.05) is 19.3 Å². The molecule has 0 aromatic rings. The Bertz CT molecular complexity index is 1290. The molecule has 0 aliphatic rings. The molecule has 0 bridgehead atoms. The number of carbonyl (C=O) groups excluding carboxylic acids is 3. The Hall–Kier alpha value is -3.41. The van der Waals surface area contributed by atoms with Crippen molar-refractivity contribution in [3.05, 3.63) is 85.1 Å². The highest BCUT2D eigenvalue weighted by Gasteiger charge is 2.19. The van der Waals surface area contributed by atoms with Crippen LogP contribution in [0.4, 0.5) is 0 Å². The van der Waals surface area contributed by atoms with E-state index < -0.39 is 6.10 Å². The molecule has 0 aromatic heterocycles. The van der Waals surface area contributed by atoms with E-state index in [4.69, 9.17) is 14.2 Å². The molecule has 0 aromatic carbocycles. The Morgan fingerprint density at radius 1 is 0.318 bits per heavy atom. The highest BCUT2D eigenvalue weighted by Crippen LogP contribution is 2.15. The second-order valence-corrected chi connectivity index (χ2v) is 18.1. The van der Waals surface area contributed by atoms with Crippen LogP contribution in [0.1, 0.15) is 258 Å². The summed E-state index contributed by atoms with van der Waals surface area (Å²) in [6.45, 7) is 6.45. The zero-order valence-electron chi connectivity index (χ0n) is 43.2. The van der Waals surface area contributed by atoms with Gasteiger partial charge in [0.15, 0.2) is 6.10 Å². The molecule has 66 heavy (non-hydrogen) atoms. The molecule has 378 valence electrons. The van der Waals surface area contributed by atoms with Crippen LogP contribution in [0, 0.1) is 0 Å². The van der Waals surface area contributed by atoms with Crippen LogP contribution >= 0.6 is 0 Å². The predicted molar refractivity (Wildman–Crippen MR) is 284 cm³/mol. The smallest absolute Gasteiger partial charge is 0.306 e. The summed E-state index contributed by atoms with van der Waals surface area (Å²) in [5.74, 6) is -1.00. The van der Waals surface area contributed by atoms with Gasteiger partial charge in [0.1, 0.15) is 13.2 Å². The summed E-state index contributed by atoms with van der Waals surface area (Å²) >= 11 is 0. The van der Waals surface area contributed by atoms with E-state index in [9.17, 15) is 14.4 Å². The molecule has 0 spiro atoms. The monoisotopic (exact) mass is 919 g/mol. The van der Waals surface area contributed by atoms with Gasteiger partial charge >= 0.3 is 17.9 Å². The van der Waals surface area contributed by atoms with Crippen LogP contribution in [0.3, 0.4) is 0 Å². The molecule has 0 fully saturated rings.